The maximum absolute atomic E-state index is 16.1. The number of hydrogen-bond donors (Lipinski definition) is 5. The maximum atomic E-state index is 16.1. The number of nitrogens with one attached hydrogen (secondary N) is 4. The van der Waals surface area contributed by atoms with Crippen LogP contribution in [0.25, 0.3) is 11.3 Å². The molecule has 446 valence electrons. The van der Waals surface area contributed by atoms with E-state index < -0.39 is 115 Å². The number of benzene rings is 2. The number of aliphatic hydroxyl groups is 1. The van der Waals surface area contributed by atoms with Crippen LogP contribution < -0.4 is 26.3 Å². The van der Waals surface area contributed by atoms with E-state index in [1.54, 1.807) is 12.1 Å². The number of aliphatic hydroxyl groups excluding tert-OH is 1. The topological polar surface area (TPSA) is 205 Å². The van der Waals surface area contributed by atoms with Gasteiger partial charge < -0.3 is 40.2 Å². The summed E-state index contributed by atoms with van der Waals surface area (Å²) in [5.74, 6) is 0.823. The first-order chi connectivity index (χ1) is 38.4. The first kappa shape index (κ1) is 62.4. The van der Waals surface area contributed by atoms with Crippen molar-refractivity contribution in [3.05, 3.63) is 100 Å². The predicted octanol–water partition coefficient (Wildman–Crippen LogP) is 6.93. The highest BCUT2D eigenvalue weighted by molar-refractivity contribution is 5.87. The van der Waals surface area contributed by atoms with Gasteiger partial charge in [0.25, 0.3) is 5.91 Å². The number of nitrogens with zero attached hydrogens (tertiary/aromatic N) is 6. The monoisotopic (exact) mass is 1170 g/mol. The average Bonchev–Trinajstić information content (AvgIpc) is 3.00. The third-order valence-electron chi connectivity index (χ3n) is 15.0. The number of fused-ring (bicyclic) bond motifs is 2. The zero-order chi connectivity index (χ0) is 60.2. The van der Waals surface area contributed by atoms with Crippen molar-refractivity contribution < 1.29 is 82.4 Å². The van der Waals surface area contributed by atoms with E-state index in [-0.39, 0.29) is 21.5 Å². The zero-order valence-electron chi connectivity index (χ0n) is 45.5. The van der Waals surface area contributed by atoms with Gasteiger partial charge in [-0.3, -0.25) is 19.9 Å². The molecule has 0 saturated carbocycles. The van der Waals surface area contributed by atoms with Gasteiger partial charge in [-0.25, -0.2) is 33.0 Å². The molecular weight excluding hydrogens is 1110 g/mol. The van der Waals surface area contributed by atoms with E-state index in [0.717, 1.165) is 71.4 Å². The van der Waals surface area contributed by atoms with Crippen molar-refractivity contribution >= 4 is 29.8 Å². The number of carbonyl (C=O) groups is 4. The lowest BCUT2D eigenvalue weighted by atomic mass is 9.82. The standard InChI is InChI=1S/C54H62F10N10O8/c1-29-32(14-17-43(66-29)71-23-34-15-16-35(24-71)74(34)36-27-81-28-36)13-12-30-8-10-31(11-9-30)20-41(67-46(76)44(68-50(79)80-7)51(2,3)53(59,60)61)42(75)26-72(70-47(77)45(82-49(78)65-6)52(4,5)54(62,63)64)25-37-38(55)21-33(22-39(37)56)40-18-19-73(69-40)48(57)58/h8-11,14,17-19,21-22,34-36,41-42,44-45,48,75H,15-16,20,23-28H2,1-7H3,(H,65,78)(H,67,76)(H,68,79)(H,70,77)/t34-,35-,41-,42-,44+,45+/m0/s1. The SMILES string of the molecule is CNC(=O)O[C@H](C(=O)NN(Cc1c(F)cc(-c2ccn(C(F)F)n2)cc1F)C[C@H](O)[C@H](Cc1ccc(C#Cc2ccc(N3C[C@@H]4CC[C@@H](C3)N4C3COC3)nc2C)cc1)NC(=O)[C@@H](NC(=O)OC)C(C)(C)C(F)(F)F)C(C)(C)C(F)(F)F. The number of rotatable bonds is 19. The summed E-state index contributed by atoms with van der Waals surface area (Å²) in [6.45, 7) is 1.78. The molecule has 18 nitrogen and oxygen atoms in total. The van der Waals surface area contributed by atoms with Crippen LogP contribution in [0.2, 0.25) is 0 Å². The van der Waals surface area contributed by atoms with Gasteiger partial charge in [-0.1, -0.05) is 24.0 Å². The number of alkyl halides is 8. The number of pyridine rings is 1. The summed E-state index contributed by atoms with van der Waals surface area (Å²) in [6.07, 6.45) is -15.8. The van der Waals surface area contributed by atoms with Crippen molar-refractivity contribution in [2.24, 2.45) is 10.8 Å². The average molecular weight is 1170 g/mol. The molecule has 0 unspecified atom stereocenters. The van der Waals surface area contributed by atoms with E-state index in [4.69, 9.17) is 14.5 Å². The number of hydrogen-bond acceptors (Lipinski definition) is 13. The van der Waals surface area contributed by atoms with Crippen molar-refractivity contribution in [1.29, 1.82) is 0 Å². The fourth-order valence-corrected chi connectivity index (χ4v) is 9.81. The number of methoxy groups -OCH3 is 1. The molecule has 3 saturated heterocycles. The molecule has 28 heteroatoms. The van der Waals surface area contributed by atoms with Crippen LogP contribution >= 0.6 is 0 Å². The Labute approximate surface area is 465 Å². The molecule has 5 N–H and O–H groups in total. The predicted molar refractivity (Wildman–Crippen MR) is 274 cm³/mol. The molecule has 3 fully saturated rings. The third kappa shape index (κ3) is 14.2. The number of aryl methyl sites for hydroxylation is 1. The normalized spacial score (nSPS) is 18.4. The van der Waals surface area contributed by atoms with Crippen LogP contribution in [-0.2, 0) is 36.8 Å². The number of piperazine rings is 1. The molecule has 2 aromatic heterocycles. The minimum absolute atomic E-state index is 0.198. The van der Waals surface area contributed by atoms with E-state index in [1.807, 2.05) is 35.1 Å². The highest BCUT2D eigenvalue weighted by Crippen LogP contribution is 2.43. The summed E-state index contributed by atoms with van der Waals surface area (Å²) < 4.78 is 161. The van der Waals surface area contributed by atoms with Crippen LogP contribution in [0.5, 0.6) is 0 Å². The zero-order valence-corrected chi connectivity index (χ0v) is 45.5. The van der Waals surface area contributed by atoms with Gasteiger partial charge in [-0.05, 0) is 102 Å². The van der Waals surface area contributed by atoms with E-state index in [1.165, 1.54) is 12.1 Å². The van der Waals surface area contributed by atoms with Crippen molar-refractivity contribution in [3.8, 4) is 23.1 Å². The summed E-state index contributed by atoms with van der Waals surface area (Å²) >= 11 is 0. The van der Waals surface area contributed by atoms with Crippen LogP contribution in [0.3, 0.4) is 0 Å². The van der Waals surface area contributed by atoms with E-state index in [9.17, 15) is 59.4 Å². The molecule has 4 amide bonds. The van der Waals surface area contributed by atoms with Gasteiger partial charge >= 0.3 is 31.1 Å². The van der Waals surface area contributed by atoms with Gasteiger partial charge in [0.05, 0.1) is 55.3 Å². The second kappa shape index (κ2) is 25.1. The van der Waals surface area contributed by atoms with Crippen LogP contribution in [0.4, 0.5) is 59.3 Å². The van der Waals surface area contributed by atoms with Crippen molar-refractivity contribution in [3.63, 3.8) is 0 Å². The van der Waals surface area contributed by atoms with Crippen molar-refractivity contribution in [2.45, 2.75) is 122 Å². The molecule has 82 heavy (non-hydrogen) atoms. The molecule has 4 aromatic rings. The molecule has 0 radical (unpaired) electrons. The van der Waals surface area contributed by atoms with Crippen LogP contribution in [0.1, 0.15) is 75.0 Å². The van der Waals surface area contributed by atoms with Gasteiger partial charge in [0.2, 0.25) is 5.91 Å². The maximum Gasteiger partial charge on any atom is 0.407 e. The number of amides is 4. The summed E-state index contributed by atoms with van der Waals surface area (Å²) in [7, 11) is 1.79. The highest BCUT2D eigenvalue weighted by Gasteiger charge is 2.58. The summed E-state index contributed by atoms with van der Waals surface area (Å²) in [4.78, 5) is 62.7. The molecule has 0 aliphatic carbocycles. The fourth-order valence-electron chi connectivity index (χ4n) is 9.81. The van der Waals surface area contributed by atoms with Gasteiger partial charge in [0, 0.05) is 73.8 Å². The molecule has 0 spiro atoms. The van der Waals surface area contributed by atoms with Gasteiger partial charge in [0.1, 0.15) is 28.9 Å². The Bertz CT molecular complexity index is 2980. The molecule has 2 bridgehead atoms. The Morgan fingerprint density at radius 1 is 0.841 bits per heavy atom. The lowest BCUT2D eigenvalue weighted by Gasteiger charge is -2.48. The smallest absolute Gasteiger partial charge is 0.407 e. The lowest BCUT2D eigenvalue weighted by Crippen LogP contribution is -2.62. The lowest BCUT2D eigenvalue weighted by molar-refractivity contribution is -0.239. The Kier molecular flexibility index (Phi) is 19.1. The van der Waals surface area contributed by atoms with Gasteiger partial charge in [-0.15, -0.1) is 0 Å². The highest BCUT2D eigenvalue weighted by atomic mass is 19.4. The van der Waals surface area contributed by atoms with Gasteiger partial charge in [0.15, 0.2) is 6.10 Å². The minimum Gasteiger partial charge on any atom is -0.453 e. The number of hydrazine groups is 1. The molecular formula is C54H62F10N10O8. The second-order valence-corrected chi connectivity index (χ2v) is 21.3. The number of alkyl carbamates (subject to hydrolysis) is 2. The molecule has 7 rings (SSSR count). The molecule has 2 aromatic carbocycles. The molecule has 3 aliphatic rings. The number of anilines is 1. The van der Waals surface area contributed by atoms with E-state index in [2.05, 4.69) is 36.8 Å². The minimum atomic E-state index is -5.27. The number of carbonyl (C=O) groups excluding carboxylic acids is 4. The Morgan fingerprint density at radius 3 is 1.99 bits per heavy atom. The Hall–Kier alpha value is -7.22. The molecule has 3 aliphatic heterocycles. The summed E-state index contributed by atoms with van der Waals surface area (Å²) in [6, 6.07) is 9.24. The number of halogens is 10. The van der Waals surface area contributed by atoms with Crippen molar-refractivity contribution in [1.82, 2.24) is 46.0 Å². The quantitative estimate of drug-likeness (QED) is 0.0368. The number of aromatic nitrogens is 3. The molecule has 5 heterocycles. The summed E-state index contributed by atoms with van der Waals surface area (Å²) in [5.41, 5.74) is -3.81. The van der Waals surface area contributed by atoms with Crippen molar-refractivity contribution in [2.75, 3.05) is 51.9 Å². The first-order valence-electron chi connectivity index (χ1n) is 25.8. The van der Waals surface area contributed by atoms with Gasteiger partial charge in [-0.2, -0.15) is 40.2 Å². The van der Waals surface area contributed by atoms with Crippen LogP contribution in [-0.4, -0.2) is 156 Å². The summed E-state index contributed by atoms with van der Waals surface area (Å²) in [5, 5.41) is 22.2. The fraction of sp³-hybridized carbons (Fsp3) is 0.519. The molecule has 6 atom stereocenters. The first-order valence-corrected chi connectivity index (χ1v) is 25.8. The van der Waals surface area contributed by atoms with E-state index in [0.29, 0.717) is 79.8 Å². The second-order valence-electron chi connectivity index (χ2n) is 21.3. The van der Waals surface area contributed by atoms with Crippen LogP contribution in [0, 0.1) is 41.2 Å². The van der Waals surface area contributed by atoms with E-state index >= 15 is 8.78 Å². The van der Waals surface area contributed by atoms with Crippen LogP contribution in [0.15, 0.2) is 60.8 Å². The number of ether oxygens (including phenoxy) is 3. The largest absolute Gasteiger partial charge is 0.453 e. The third-order valence-corrected chi connectivity index (χ3v) is 15.0. The Balaban J connectivity index is 1.19. The Morgan fingerprint density at radius 2 is 1.46 bits per heavy atom.